The van der Waals surface area contributed by atoms with Gasteiger partial charge in [-0.2, -0.15) is 5.10 Å². The van der Waals surface area contributed by atoms with Crippen LogP contribution < -0.4 is 5.32 Å². The number of nitrogens with zero attached hydrogens (tertiary/aromatic N) is 4. The summed E-state index contributed by atoms with van der Waals surface area (Å²) in [6, 6.07) is 1.81. The molecule has 68 valence electrons. The molecule has 5 nitrogen and oxygen atoms in total. The van der Waals surface area contributed by atoms with Crippen LogP contribution in [0.1, 0.15) is 0 Å². The highest BCUT2D eigenvalue weighted by Gasteiger charge is 1.99. The first kappa shape index (κ1) is 9.18. The largest absolute Gasteiger partial charge is 0.309 e. The quantitative estimate of drug-likeness (QED) is 0.542. The normalized spacial score (nSPS) is 11.0. The number of anilines is 1. The third-order valence-electron chi connectivity index (χ3n) is 1.42. The average Bonchev–Trinajstić information content (AvgIpc) is 2.51. The highest BCUT2D eigenvalue weighted by Crippen LogP contribution is 2.03. The molecular formula is C8H11N5. The van der Waals surface area contributed by atoms with Gasteiger partial charge >= 0.3 is 0 Å². The first-order chi connectivity index (χ1) is 6.27. The second-order valence-electron chi connectivity index (χ2n) is 2.26. The van der Waals surface area contributed by atoms with Crippen molar-refractivity contribution < 1.29 is 0 Å². The molecule has 0 radical (unpaired) electrons. The Balaban J connectivity index is 2.78. The summed E-state index contributed by atoms with van der Waals surface area (Å²) in [5.41, 5.74) is 0. The highest BCUT2D eigenvalue weighted by molar-refractivity contribution is 5.96. The second kappa shape index (κ2) is 4.20. The zero-order valence-electron chi connectivity index (χ0n) is 7.44. The zero-order valence-corrected chi connectivity index (χ0v) is 7.44. The lowest BCUT2D eigenvalue weighted by Gasteiger charge is -2.03. The summed E-state index contributed by atoms with van der Waals surface area (Å²) in [7, 11) is 1.82. The van der Waals surface area contributed by atoms with Crippen molar-refractivity contribution in [1.82, 2.24) is 9.78 Å². The van der Waals surface area contributed by atoms with Crippen LogP contribution in [0.5, 0.6) is 0 Å². The maximum atomic E-state index is 3.98. The number of nitrogens with one attached hydrogen (secondary N) is 1. The fourth-order valence-electron chi connectivity index (χ4n) is 0.810. The van der Waals surface area contributed by atoms with Gasteiger partial charge in [-0.25, -0.2) is 9.98 Å². The van der Waals surface area contributed by atoms with Crippen molar-refractivity contribution in [2.24, 2.45) is 17.0 Å². The first-order valence-electron chi connectivity index (χ1n) is 3.68. The highest BCUT2D eigenvalue weighted by atomic mass is 15.3. The molecule has 0 aliphatic heterocycles. The topological polar surface area (TPSA) is 54.6 Å². The fraction of sp³-hybridized carbons (Fsp3) is 0.125. The molecule has 1 rings (SSSR count). The van der Waals surface area contributed by atoms with Crippen molar-refractivity contribution >= 4 is 18.5 Å². The molecule has 1 N–H and O–H groups in total. The van der Waals surface area contributed by atoms with E-state index in [1.165, 1.54) is 6.20 Å². The third-order valence-corrected chi connectivity index (χ3v) is 1.42. The average molecular weight is 177 g/mol. The maximum absolute atomic E-state index is 3.98. The summed E-state index contributed by atoms with van der Waals surface area (Å²) in [5.74, 6) is 1.20. The van der Waals surface area contributed by atoms with E-state index in [2.05, 4.69) is 33.7 Å². The second-order valence-corrected chi connectivity index (χ2v) is 2.26. The van der Waals surface area contributed by atoms with Crippen LogP contribution in [0.15, 0.2) is 35.0 Å². The van der Waals surface area contributed by atoms with Gasteiger partial charge in [0, 0.05) is 19.3 Å². The van der Waals surface area contributed by atoms with E-state index < -0.39 is 0 Å². The van der Waals surface area contributed by atoms with Crippen LogP contribution in [-0.4, -0.2) is 22.5 Å². The minimum absolute atomic E-state index is 0.401. The molecule has 0 atom stereocenters. The van der Waals surface area contributed by atoms with Gasteiger partial charge in [-0.3, -0.25) is 4.68 Å². The van der Waals surface area contributed by atoms with E-state index in [0.29, 0.717) is 5.96 Å². The number of guanidine groups is 1. The van der Waals surface area contributed by atoms with Gasteiger partial charge in [-0.05, 0) is 6.72 Å². The molecule has 1 heterocycles. The SMILES string of the molecule is C=CN=C(N=C)Nc1ccnn1C. The standard InChI is InChI=1S/C8H11N5/c1-4-10-8(9-2)12-7-5-6-11-13(7)3/h4-6H,1-2H2,3H3,(H,10,12). The molecule has 0 aliphatic rings. The number of aromatic nitrogens is 2. The molecule has 0 saturated heterocycles. The Morgan fingerprint density at radius 2 is 2.54 bits per heavy atom. The molecule has 0 aromatic carbocycles. The lowest BCUT2D eigenvalue weighted by atomic mass is 10.6. The number of aliphatic imine (C=N–C) groups is 2. The summed E-state index contributed by atoms with van der Waals surface area (Å²) in [6.45, 7) is 6.83. The Bertz CT molecular complexity index is 336. The van der Waals surface area contributed by atoms with Gasteiger partial charge < -0.3 is 5.32 Å². The van der Waals surface area contributed by atoms with E-state index in [1.54, 1.807) is 10.9 Å². The Kier molecular flexibility index (Phi) is 2.97. The van der Waals surface area contributed by atoms with E-state index in [1.807, 2.05) is 13.1 Å². The van der Waals surface area contributed by atoms with Crippen molar-refractivity contribution in [1.29, 1.82) is 0 Å². The summed E-state index contributed by atoms with van der Waals surface area (Å²) in [4.78, 5) is 7.53. The molecule has 0 aliphatic carbocycles. The predicted octanol–water partition coefficient (Wildman–Crippen LogP) is 1.03. The third kappa shape index (κ3) is 2.26. The van der Waals surface area contributed by atoms with Crippen molar-refractivity contribution in [3.05, 3.63) is 25.0 Å². The van der Waals surface area contributed by atoms with Crippen molar-refractivity contribution in [3.8, 4) is 0 Å². The maximum Gasteiger partial charge on any atom is 0.227 e. The van der Waals surface area contributed by atoms with Crippen LogP contribution in [0.25, 0.3) is 0 Å². The summed E-state index contributed by atoms with van der Waals surface area (Å²) >= 11 is 0. The van der Waals surface area contributed by atoms with Crippen LogP contribution in [0.3, 0.4) is 0 Å². The lowest BCUT2D eigenvalue weighted by Crippen LogP contribution is -2.11. The number of aryl methyl sites for hydroxylation is 1. The van der Waals surface area contributed by atoms with E-state index in [-0.39, 0.29) is 0 Å². The van der Waals surface area contributed by atoms with Crippen molar-refractivity contribution in [2.45, 2.75) is 0 Å². The number of hydrogen-bond acceptors (Lipinski definition) is 2. The Morgan fingerprint density at radius 1 is 1.77 bits per heavy atom. The fourth-order valence-corrected chi connectivity index (χ4v) is 0.810. The Morgan fingerprint density at radius 3 is 3.00 bits per heavy atom. The smallest absolute Gasteiger partial charge is 0.227 e. The van der Waals surface area contributed by atoms with Gasteiger partial charge in [0.25, 0.3) is 0 Å². The molecule has 1 aromatic heterocycles. The van der Waals surface area contributed by atoms with Crippen LogP contribution in [0.4, 0.5) is 5.82 Å². The van der Waals surface area contributed by atoms with Crippen LogP contribution in [-0.2, 0) is 7.05 Å². The predicted molar refractivity (Wildman–Crippen MR) is 54.0 cm³/mol. The monoisotopic (exact) mass is 177 g/mol. The van der Waals surface area contributed by atoms with Gasteiger partial charge in [0.15, 0.2) is 0 Å². The van der Waals surface area contributed by atoms with Gasteiger partial charge in [-0.15, -0.1) is 0 Å². The van der Waals surface area contributed by atoms with Crippen LogP contribution >= 0.6 is 0 Å². The molecular weight excluding hydrogens is 166 g/mol. The summed E-state index contributed by atoms with van der Waals surface area (Å²) in [5, 5.41) is 6.90. The molecule has 0 amide bonds. The molecule has 5 heteroatoms. The molecule has 0 fully saturated rings. The van der Waals surface area contributed by atoms with E-state index in [4.69, 9.17) is 0 Å². The van der Waals surface area contributed by atoms with Gasteiger partial charge in [0.2, 0.25) is 5.96 Å². The van der Waals surface area contributed by atoms with E-state index in [0.717, 1.165) is 5.82 Å². The Hall–Kier alpha value is -1.91. The summed E-state index contributed by atoms with van der Waals surface area (Å²) in [6.07, 6.45) is 3.07. The minimum Gasteiger partial charge on any atom is -0.309 e. The molecule has 13 heavy (non-hydrogen) atoms. The van der Waals surface area contributed by atoms with Gasteiger partial charge in [-0.1, -0.05) is 6.58 Å². The van der Waals surface area contributed by atoms with Crippen LogP contribution in [0.2, 0.25) is 0 Å². The summed E-state index contributed by atoms with van der Waals surface area (Å²) < 4.78 is 1.67. The van der Waals surface area contributed by atoms with Gasteiger partial charge in [0.05, 0.1) is 6.20 Å². The molecule has 0 unspecified atom stereocenters. The molecule has 0 spiro atoms. The molecule has 0 saturated carbocycles. The van der Waals surface area contributed by atoms with E-state index >= 15 is 0 Å². The lowest BCUT2D eigenvalue weighted by molar-refractivity contribution is 0.777. The first-order valence-corrected chi connectivity index (χ1v) is 3.68. The number of hydrogen-bond donors (Lipinski definition) is 1. The van der Waals surface area contributed by atoms with Crippen molar-refractivity contribution in [3.63, 3.8) is 0 Å². The minimum atomic E-state index is 0.401. The van der Waals surface area contributed by atoms with E-state index in [9.17, 15) is 0 Å². The van der Waals surface area contributed by atoms with Crippen molar-refractivity contribution in [2.75, 3.05) is 5.32 Å². The molecule has 1 aromatic rings. The van der Waals surface area contributed by atoms with Gasteiger partial charge in [0.1, 0.15) is 5.82 Å². The zero-order chi connectivity index (χ0) is 9.68. The van der Waals surface area contributed by atoms with Crippen LogP contribution in [0, 0.1) is 0 Å². The Labute approximate surface area is 76.5 Å². The number of rotatable bonds is 2. The molecule has 0 bridgehead atoms.